The summed E-state index contributed by atoms with van der Waals surface area (Å²) in [6.45, 7) is 4.54. The number of likely N-dealkylation sites (tertiary alicyclic amines) is 1. The van der Waals surface area contributed by atoms with E-state index in [1.165, 1.54) is 24.9 Å². The average molecular weight is 224 g/mol. The molecule has 2 unspecified atom stereocenters. The van der Waals surface area contributed by atoms with Crippen LogP contribution in [-0.2, 0) is 0 Å². The normalized spacial score (nSPS) is 28.9. The number of nitrogens with two attached hydrogens (primary N) is 1. The molecule has 0 bridgehead atoms. The Morgan fingerprint density at radius 1 is 1.53 bits per heavy atom. The molecule has 2 rings (SSSR count). The van der Waals surface area contributed by atoms with E-state index in [1.54, 1.807) is 11.3 Å². The molecule has 1 aliphatic heterocycles. The van der Waals surface area contributed by atoms with Crippen LogP contribution < -0.4 is 5.73 Å². The zero-order valence-corrected chi connectivity index (χ0v) is 10.2. The molecule has 15 heavy (non-hydrogen) atoms. The van der Waals surface area contributed by atoms with Crippen molar-refractivity contribution in [2.24, 2.45) is 5.73 Å². The van der Waals surface area contributed by atoms with Gasteiger partial charge in [-0.2, -0.15) is 11.3 Å². The third kappa shape index (κ3) is 2.41. The van der Waals surface area contributed by atoms with Crippen LogP contribution >= 0.6 is 11.3 Å². The van der Waals surface area contributed by atoms with E-state index >= 15 is 0 Å². The summed E-state index contributed by atoms with van der Waals surface area (Å²) in [5.41, 5.74) is 7.71. The third-order valence-corrected chi connectivity index (χ3v) is 4.02. The van der Waals surface area contributed by atoms with Crippen molar-refractivity contribution in [3.8, 4) is 0 Å². The summed E-state index contributed by atoms with van der Waals surface area (Å²) in [5, 5.41) is 4.40. The highest BCUT2D eigenvalue weighted by Crippen LogP contribution is 2.30. The highest BCUT2D eigenvalue weighted by Gasteiger charge is 2.27. The Bertz CT molecular complexity index is 284. The zero-order chi connectivity index (χ0) is 10.7. The van der Waals surface area contributed by atoms with Crippen LogP contribution in [0.4, 0.5) is 0 Å². The fourth-order valence-electron chi connectivity index (χ4n) is 2.52. The van der Waals surface area contributed by atoms with Crippen LogP contribution in [0.2, 0.25) is 0 Å². The van der Waals surface area contributed by atoms with Gasteiger partial charge < -0.3 is 5.73 Å². The van der Waals surface area contributed by atoms with Crippen molar-refractivity contribution in [3.63, 3.8) is 0 Å². The summed E-state index contributed by atoms with van der Waals surface area (Å²) >= 11 is 1.77. The molecule has 2 N–H and O–H groups in total. The molecule has 2 nitrogen and oxygen atoms in total. The minimum absolute atomic E-state index is 0.307. The van der Waals surface area contributed by atoms with E-state index in [-0.39, 0.29) is 0 Å². The molecular weight excluding hydrogens is 204 g/mol. The second kappa shape index (κ2) is 5.10. The molecule has 1 aliphatic rings. The smallest absolute Gasteiger partial charge is 0.0507 e. The predicted octanol–water partition coefficient (Wildman–Crippen LogP) is 2.62. The first-order valence-electron chi connectivity index (χ1n) is 5.84. The highest BCUT2D eigenvalue weighted by atomic mass is 32.1. The molecule has 84 valence electrons. The monoisotopic (exact) mass is 224 g/mol. The molecular formula is C12H20N2S. The van der Waals surface area contributed by atoms with Gasteiger partial charge in [-0.15, -0.1) is 0 Å². The lowest BCUT2D eigenvalue weighted by molar-refractivity contribution is 0.196. The Balaban J connectivity index is 2.22. The molecule has 0 spiro atoms. The number of hydrogen-bond acceptors (Lipinski definition) is 3. The fraction of sp³-hybridized carbons (Fsp3) is 0.667. The summed E-state index contributed by atoms with van der Waals surface area (Å²) in [6, 6.07) is 2.98. The van der Waals surface area contributed by atoms with Crippen LogP contribution in [0.25, 0.3) is 0 Å². The molecule has 0 radical (unpaired) electrons. The van der Waals surface area contributed by atoms with Crippen LogP contribution in [0.1, 0.15) is 37.8 Å². The molecule has 1 fully saturated rings. The molecule has 0 saturated carbocycles. The van der Waals surface area contributed by atoms with Gasteiger partial charge in [0, 0.05) is 6.04 Å². The van der Waals surface area contributed by atoms with Crippen molar-refractivity contribution >= 4 is 11.3 Å². The number of nitrogens with zero attached hydrogens (tertiary/aromatic N) is 1. The minimum atomic E-state index is 0.307. The maximum absolute atomic E-state index is 6.30. The van der Waals surface area contributed by atoms with E-state index < -0.39 is 0 Å². The lowest BCUT2D eigenvalue weighted by Gasteiger charge is -2.32. The standard InChI is InChI=1S/C12H20N2S/c1-2-14-7-4-3-5-11(13)12(14)10-6-8-15-9-10/h6,8-9,11-12H,2-5,7,13H2,1H3. The lowest BCUT2D eigenvalue weighted by Crippen LogP contribution is -2.39. The third-order valence-electron chi connectivity index (χ3n) is 3.32. The Kier molecular flexibility index (Phi) is 3.78. The lowest BCUT2D eigenvalue weighted by atomic mass is 9.99. The fourth-order valence-corrected chi connectivity index (χ4v) is 3.21. The van der Waals surface area contributed by atoms with Crippen LogP contribution in [0, 0.1) is 0 Å². The Hall–Kier alpha value is -0.380. The maximum atomic E-state index is 6.30. The van der Waals surface area contributed by atoms with Crippen molar-refractivity contribution < 1.29 is 0 Å². The summed E-state index contributed by atoms with van der Waals surface area (Å²) < 4.78 is 0. The van der Waals surface area contributed by atoms with E-state index in [4.69, 9.17) is 5.73 Å². The van der Waals surface area contributed by atoms with Gasteiger partial charge in [-0.05, 0) is 48.3 Å². The molecule has 1 aromatic rings. The van der Waals surface area contributed by atoms with Crippen molar-refractivity contribution in [2.75, 3.05) is 13.1 Å². The first-order chi connectivity index (χ1) is 7.33. The molecule has 0 amide bonds. The van der Waals surface area contributed by atoms with Gasteiger partial charge in [0.1, 0.15) is 0 Å². The van der Waals surface area contributed by atoms with Gasteiger partial charge in [0.2, 0.25) is 0 Å². The van der Waals surface area contributed by atoms with E-state index in [1.807, 2.05) is 0 Å². The van der Waals surface area contributed by atoms with E-state index in [0.29, 0.717) is 12.1 Å². The van der Waals surface area contributed by atoms with Crippen molar-refractivity contribution in [1.29, 1.82) is 0 Å². The second-order valence-electron chi connectivity index (χ2n) is 4.29. The Morgan fingerprint density at radius 2 is 2.40 bits per heavy atom. The zero-order valence-electron chi connectivity index (χ0n) is 9.36. The molecule has 0 aromatic carbocycles. The van der Waals surface area contributed by atoms with Crippen molar-refractivity contribution in [3.05, 3.63) is 22.4 Å². The van der Waals surface area contributed by atoms with Crippen molar-refractivity contribution in [2.45, 2.75) is 38.3 Å². The van der Waals surface area contributed by atoms with Gasteiger partial charge in [-0.25, -0.2) is 0 Å². The summed E-state index contributed by atoms with van der Waals surface area (Å²) in [7, 11) is 0. The van der Waals surface area contributed by atoms with Gasteiger partial charge in [-0.3, -0.25) is 4.90 Å². The Labute approximate surface area is 96.1 Å². The maximum Gasteiger partial charge on any atom is 0.0507 e. The minimum Gasteiger partial charge on any atom is -0.326 e. The molecule has 1 aromatic heterocycles. The quantitative estimate of drug-likeness (QED) is 0.836. The van der Waals surface area contributed by atoms with Gasteiger partial charge in [0.05, 0.1) is 6.04 Å². The van der Waals surface area contributed by atoms with E-state index in [9.17, 15) is 0 Å². The van der Waals surface area contributed by atoms with Crippen LogP contribution in [0.3, 0.4) is 0 Å². The van der Waals surface area contributed by atoms with E-state index in [0.717, 1.165) is 13.0 Å². The molecule has 1 saturated heterocycles. The molecule has 2 atom stereocenters. The van der Waals surface area contributed by atoms with Crippen LogP contribution in [0.15, 0.2) is 16.8 Å². The number of hydrogen-bond donors (Lipinski definition) is 1. The van der Waals surface area contributed by atoms with Gasteiger partial charge in [-0.1, -0.05) is 13.3 Å². The SMILES string of the molecule is CCN1CCCCC(N)C1c1ccsc1. The molecule has 2 heterocycles. The first-order valence-corrected chi connectivity index (χ1v) is 6.79. The predicted molar refractivity (Wildman–Crippen MR) is 66.1 cm³/mol. The molecule has 0 aliphatic carbocycles. The first kappa shape index (κ1) is 11.1. The Morgan fingerprint density at radius 3 is 3.07 bits per heavy atom. The van der Waals surface area contributed by atoms with E-state index in [2.05, 4.69) is 28.7 Å². The van der Waals surface area contributed by atoms with Crippen molar-refractivity contribution in [1.82, 2.24) is 4.90 Å². The summed E-state index contributed by atoms with van der Waals surface area (Å²) in [5.74, 6) is 0. The topological polar surface area (TPSA) is 29.3 Å². The largest absolute Gasteiger partial charge is 0.326 e. The van der Waals surface area contributed by atoms with Gasteiger partial charge in [0.25, 0.3) is 0 Å². The van der Waals surface area contributed by atoms with Gasteiger partial charge >= 0.3 is 0 Å². The van der Waals surface area contributed by atoms with Crippen LogP contribution in [0.5, 0.6) is 0 Å². The van der Waals surface area contributed by atoms with Gasteiger partial charge in [0.15, 0.2) is 0 Å². The average Bonchev–Trinajstić information content (AvgIpc) is 2.69. The highest BCUT2D eigenvalue weighted by molar-refractivity contribution is 7.07. The van der Waals surface area contributed by atoms with Crippen LogP contribution in [-0.4, -0.2) is 24.0 Å². The second-order valence-corrected chi connectivity index (χ2v) is 5.07. The molecule has 3 heteroatoms. The number of rotatable bonds is 2. The number of thiophene rings is 1. The summed E-state index contributed by atoms with van der Waals surface area (Å²) in [4.78, 5) is 2.53. The number of likely N-dealkylation sites (N-methyl/N-ethyl adjacent to an activating group) is 1. The summed E-state index contributed by atoms with van der Waals surface area (Å²) in [6.07, 6.45) is 3.73.